The second-order valence-electron chi connectivity index (χ2n) is 6.92. The fourth-order valence-corrected chi connectivity index (χ4v) is 3.59. The van der Waals surface area contributed by atoms with Crippen LogP contribution in [0.15, 0.2) is 18.3 Å². The maximum atomic E-state index is 12.3. The van der Waals surface area contributed by atoms with Crippen molar-refractivity contribution in [1.29, 1.82) is 0 Å². The molecule has 0 saturated heterocycles. The van der Waals surface area contributed by atoms with Crippen LogP contribution >= 0.6 is 0 Å². The number of benzene rings is 1. The molecular formula is C19H24N4O2. The van der Waals surface area contributed by atoms with Crippen LogP contribution < -0.4 is 15.4 Å². The largest absolute Gasteiger partial charge is 0.490 e. The molecule has 2 N–H and O–H groups in total. The molecule has 1 unspecified atom stereocenters. The maximum absolute atomic E-state index is 12.3. The van der Waals surface area contributed by atoms with E-state index in [-0.39, 0.29) is 12.1 Å². The average Bonchev–Trinajstić information content (AvgIpc) is 3.20. The molecule has 0 radical (unpaired) electrons. The van der Waals surface area contributed by atoms with Gasteiger partial charge in [-0.1, -0.05) is 12.1 Å². The standard InChI is InChI=1S/C19H24N4O2/c1-12-6-7-15-16(11-25-18(15)13(12)2)22-19(24)20-9-14-10-23-8-4-3-5-17(23)21-14/h6-7,10,16H,3-5,8-9,11H2,1-2H3,(H2,20,22,24). The number of amides is 2. The van der Waals surface area contributed by atoms with Crippen molar-refractivity contribution in [2.24, 2.45) is 0 Å². The molecule has 1 atom stereocenters. The summed E-state index contributed by atoms with van der Waals surface area (Å²) in [7, 11) is 0. The van der Waals surface area contributed by atoms with Crippen molar-refractivity contribution >= 4 is 6.03 Å². The summed E-state index contributed by atoms with van der Waals surface area (Å²) in [4.78, 5) is 16.9. The van der Waals surface area contributed by atoms with Gasteiger partial charge in [0.05, 0.1) is 18.3 Å². The predicted octanol–water partition coefficient (Wildman–Crippen LogP) is 2.77. The molecule has 4 rings (SSSR count). The smallest absolute Gasteiger partial charge is 0.315 e. The van der Waals surface area contributed by atoms with Gasteiger partial charge in [0.1, 0.15) is 18.2 Å². The van der Waals surface area contributed by atoms with E-state index in [0.29, 0.717) is 13.2 Å². The molecule has 0 aliphatic carbocycles. The monoisotopic (exact) mass is 340 g/mol. The van der Waals surface area contributed by atoms with Crippen LogP contribution in [0.1, 0.15) is 47.1 Å². The summed E-state index contributed by atoms with van der Waals surface area (Å²) in [5, 5.41) is 5.91. The van der Waals surface area contributed by atoms with Crippen LogP contribution in [0.4, 0.5) is 4.79 Å². The number of aromatic nitrogens is 2. The lowest BCUT2D eigenvalue weighted by Crippen LogP contribution is -2.38. The van der Waals surface area contributed by atoms with E-state index in [1.54, 1.807) is 0 Å². The normalized spacial score (nSPS) is 18.2. The van der Waals surface area contributed by atoms with Crippen LogP contribution in [0.25, 0.3) is 0 Å². The molecule has 6 nitrogen and oxygen atoms in total. The van der Waals surface area contributed by atoms with Gasteiger partial charge >= 0.3 is 6.03 Å². The summed E-state index contributed by atoms with van der Waals surface area (Å²) >= 11 is 0. The Kier molecular flexibility index (Phi) is 4.11. The van der Waals surface area contributed by atoms with Crippen LogP contribution in [0, 0.1) is 13.8 Å². The molecule has 0 fully saturated rings. The van der Waals surface area contributed by atoms with Crippen molar-refractivity contribution in [1.82, 2.24) is 20.2 Å². The number of nitrogens with one attached hydrogen (secondary N) is 2. The number of fused-ring (bicyclic) bond motifs is 2. The van der Waals surface area contributed by atoms with Crippen molar-refractivity contribution in [3.05, 3.63) is 46.5 Å². The van der Waals surface area contributed by atoms with Gasteiger partial charge in [0.2, 0.25) is 0 Å². The number of carbonyl (C=O) groups is 1. The molecule has 1 aromatic heterocycles. The summed E-state index contributed by atoms with van der Waals surface area (Å²) in [6.07, 6.45) is 5.48. The van der Waals surface area contributed by atoms with Gasteiger partial charge in [-0.2, -0.15) is 0 Å². The Hall–Kier alpha value is -2.50. The van der Waals surface area contributed by atoms with E-state index < -0.39 is 0 Å². The lowest BCUT2D eigenvalue weighted by atomic mass is 10.0. The Labute approximate surface area is 147 Å². The third-order valence-corrected chi connectivity index (χ3v) is 5.17. The number of hydrogen-bond donors (Lipinski definition) is 2. The van der Waals surface area contributed by atoms with Crippen molar-refractivity contribution in [3.8, 4) is 5.75 Å². The first-order valence-corrected chi connectivity index (χ1v) is 8.94. The van der Waals surface area contributed by atoms with Crippen LogP contribution in [0.3, 0.4) is 0 Å². The molecule has 0 bridgehead atoms. The first kappa shape index (κ1) is 16.0. The Balaban J connectivity index is 1.36. The van der Waals surface area contributed by atoms with E-state index in [4.69, 9.17) is 4.74 Å². The summed E-state index contributed by atoms with van der Waals surface area (Å²) < 4.78 is 7.98. The third kappa shape index (κ3) is 3.08. The van der Waals surface area contributed by atoms with E-state index in [0.717, 1.165) is 41.4 Å². The number of imidazole rings is 1. The van der Waals surface area contributed by atoms with E-state index in [1.165, 1.54) is 18.4 Å². The average molecular weight is 340 g/mol. The molecule has 25 heavy (non-hydrogen) atoms. The summed E-state index contributed by atoms with van der Waals surface area (Å²) in [6, 6.07) is 3.82. The fraction of sp³-hybridized carbons (Fsp3) is 0.474. The van der Waals surface area contributed by atoms with Gasteiger partial charge in [0, 0.05) is 24.7 Å². The molecule has 2 amide bonds. The minimum Gasteiger partial charge on any atom is -0.490 e. The maximum Gasteiger partial charge on any atom is 0.315 e. The van der Waals surface area contributed by atoms with Crippen molar-refractivity contribution in [2.45, 2.75) is 52.2 Å². The van der Waals surface area contributed by atoms with E-state index >= 15 is 0 Å². The third-order valence-electron chi connectivity index (χ3n) is 5.17. The predicted molar refractivity (Wildman–Crippen MR) is 94.7 cm³/mol. The molecule has 2 aromatic rings. The van der Waals surface area contributed by atoms with Crippen LogP contribution in [0.5, 0.6) is 5.75 Å². The Bertz CT molecular complexity index is 788. The molecule has 3 heterocycles. The van der Waals surface area contributed by atoms with Gasteiger partial charge in [-0.05, 0) is 37.8 Å². The zero-order valence-corrected chi connectivity index (χ0v) is 14.8. The molecule has 2 aliphatic rings. The number of urea groups is 1. The molecule has 0 spiro atoms. The van der Waals surface area contributed by atoms with E-state index in [2.05, 4.69) is 46.3 Å². The highest BCUT2D eigenvalue weighted by molar-refractivity contribution is 5.74. The van der Waals surface area contributed by atoms with Crippen LogP contribution in [-0.4, -0.2) is 22.2 Å². The highest BCUT2D eigenvalue weighted by atomic mass is 16.5. The first-order valence-electron chi connectivity index (χ1n) is 8.94. The highest BCUT2D eigenvalue weighted by Gasteiger charge is 2.27. The van der Waals surface area contributed by atoms with Crippen molar-refractivity contribution < 1.29 is 9.53 Å². The van der Waals surface area contributed by atoms with Gasteiger partial charge in [0.25, 0.3) is 0 Å². The SMILES string of the molecule is Cc1ccc2c(c1C)OCC2NC(=O)NCc1cn2c(n1)CCCC2. The zero-order valence-electron chi connectivity index (χ0n) is 14.8. The topological polar surface area (TPSA) is 68.2 Å². The van der Waals surface area contributed by atoms with Gasteiger partial charge in [0.15, 0.2) is 0 Å². The highest BCUT2D eigenvalue weighted by Crippen LogP contribution is 2.36. The number of rotatable bonds is 3. The zero-order chi connectivity index (χ0) is 17.4. The van der Waals surface area contributed by atoms with Crippen molar-refractivity contribution in [2.75, 3.05) is 6.61 Å². The second kappa shape index (κ2) is 6.43. The molecule has 132 valence electrons. The minimum atomic E-state index is -0.189. The Morgan fingerprint density at radius 2 is 2.24 bits per heavy atom. The number of nitrogens with zero attached hydrogens (tertiary/aromatic N) is 2. The number of ether oxygens (including phenoxy) is 1. The fourth-order valence-electron chi connectivity index (χ4n) is 3.59. The van der Waals surface area contributed by atoms with Gasteiger partial charge < -0.3 is 19.9 Å². The van der Waals surface area contributed by atoms with Gasteiger partial charge in [-0.25, -0.2) is 9.78 Å². The minimum absolute atomic E-state index is 0.107. The van der Waals surface area contributed by atoms with E-state index in [1.807, 2.05) is 6.07 Å². The van der Waals surface area contributed by atoms with Crippen molar-refractivity contribution in [3.63, 3.8) is 0 Å². The molecule has 2 aliphatic heterocycles. The molecule has 0 saturated carbocycles. The second-order valence-corrected chi connectivity index (χ2v) is 6.92. The Morgan fingerprint density at radius 3 is 3.08 bits per heavy atom. The quantitative estimate of drug-likeness (QED) is 0.903. The summed E-state index contributed by atoms with van der Waals surface area (Å²) in [5.74, 6) is 2.04. The first-order chi connectivity index (χ1) is 12.1. The lowest BCUT2D eigenvalue weighted by Gasteiger charge is -2.13. The summed E-state index contributed by atoms with van der Waals surface area (Å²) in [6.45, 7) is 6.07. The number of aryl methyl sites for hydroxylation is 3. The lowest BCUT2D eigenvalue weighted by molar-refractivity contribution is 0.231. The van der Waals surface area contributed by atoms with Gasteiger partial charge in [-0.3, -0.25) is 0 Å². The van der Waals surface area contributed by atoms with E-state index in [9.17, 15) is 4.79 Å². The molecule has 6 heteroatoms. The van der Waals surface area contributed by atoms with Gasteiger partial charge in [-0.15, -0.1) is 0 Å². The summed E-state index contributed by atoms with van der Waals surface area (Å²) in [5.41, 5.74) is 4.32. The molecular weight excluding hydrogens is 316 g/mol. The number of hydrogen-bond acceptors (Lipinski definition) is 3. The molecule has 1 aromatic carbocycles. The number of carbonyl (C=O) groups excluding carboxylic acids is 1. The van der Waals surface area contributed by atoms with Crippen LogP contribution in [-0.2, 0) is 19.5 Å². The van der Waals surface area contributed by atoms with Crippen LogP contribution in [0.2, 0.25) is 0 Å². The Morgan fingerprint density at radius 1 is 1.36 bits per heavy atom.